The molecular formula is C14H15BrOS. The van der Waals surface area contributed by atoms with E-state index in [1.54, 1.807) is 11.3 Å². The molecule has 3 heteroatoms. The lowest BCUT2D eigenvalue weighted by Crippen LogP contribution is -1.96. The molecule has 17 heavy (non-hydrogen) atoms. The zero-order valence-corrected chi connectivity index (χ0v) is 12.0. The van der Waals surface area contributed by atoms with Crippen molar-refractivity contribution in [2.75, 3.05) is 6.61 Å². The van der Waals surface area contributed by atoms with E-state index in [1.807, 2.05) is 6.07 Å². The number of thiophene rings is 1. The van der Waals surface area contributed by atoms with Gasteiger partial charge in [0.05, 0.1) is 6.61 Å². The van der Waals surface area contributed by atoms with Crippen molar-refractivity contribution in [2.45, 2.75) is 19.4 Å². The van der Waals surface area contributed by atoms with Crippen LogP contribution in [0.15, 0.2) is 46.3 Å². The van der Waals surface area contributed by atoms with Crippen LogP contribution in [0.4, 0.5) is 0 Å². The van der Waals surface area contributed by atoms with Crippen molar-refractivity contribution in [3.05, 3.63) is 56.7 Å². The standard InChI is InChI=1S/C14H15BrOS/c15-13-8-10-17-14(13)11-16-9-4-7-12-5-2-1-3-6-12/h1-3,5-6,8,10H,4,7,9,11H2. The van der Waals surface area contributed by atoms with Crippen molar-refractivity contribution in [2.24, 2.45) is 0 Å². The van der Waals surface area contributed by atoms with E-state index >= 15 is 0 Å². The molecule has 0 atom stereocenters. The van der Waals surface area contributed by atoms with Gasteiger partial charge >= 0.3 is 0 Å². The SMILES string of the molecule is Brc1ccsc1COCCCc1ccccc1. The Balaban J connectivity index is 1.63. The molecule has 1 nitrogen and oxygen atoms in total. The van der Waals surface area contributed by atoms with Crippen molar-refractivity contribution in [1.29, 1.82) is 0 Å². The maximum atomic E-state index is 5.66. The van der Waals surface area contributed by atoms with E-state index in [1.165, 1.54) is 10.4 Å². The zero-order chi connectivity index (χ0) is 11.9. The van der Waals surface area contributed by atoms with E-state index in [4.69, 9.17) is 4.74 Å². The molecule has 1 aromatic carbocycles. The van der Waals surface area contributed by atoms with Crippen molar-refractivity contribution in [3.8, 4) is 0 Å². The number of benzene rings is 1. The molecule has 2 rings (SSSR count). The van der Waals surface area contributed by atoms with E-state index in [0.717, 1.165) is 23.9 Å². The highest BCUT2D eigenvalue weighted by molar-refractivity contribution is 9.10. The molecule has 1 heterocycles. The Hall–Kier alpha value is -0.640. The number of halogens is 1. The Morgan fingerprint density at radius 3 is 2.65 bits per heavy atom. The summed E-state index contributed by atoms with van der Waals surface area (Å²) in [5.74, 6) is 0. The molecule has 0 aliphatic carbocycles. The lowest BCUT2D eigenvalue weighted by molar-refractivity contribution is 0.120. The van der Waals surface area contributed by atoms with E-state index in [0.29, 0.717) is 6.61 Å². The van der Waals surface area contributed by atoms with Crippen LogP contribution < -0.4 is 0 Å². The Bertz CT molecular complexity index is 438. The summed E-state index contributed by atoms with van der Waals surface area (Å²) in [5.41, 5.74) is 1.38. The number of aryl methyl sites for hydroxylation is 1. The first-order valence-electron chi connectivity index (χ1n) is 5.70. The van der Waals surface area contributed by atoms with Crippen LogP contribution in [0.5, 0.6) is 0 Å². The summed E-state index contributed by atoms with van der Waals surface area (Å²) in [6.45, 7) is 1.53. The molecule has 0 saturated carbocycles. The molecular weight excluding hydrogens is 296 g/mol. The smallest absolute Gasteiger partial charge is 0.0820 e. The predicted octanol–water partition coefficient (Wildman–Crippen LogP) is 4.66. The van der Waals surface area contributed by atoms with Crippen LogP contribution in [0.1, 0.15) is 16.9 Å². The van der Waals surface area contributed by atoms with Crippen LogP contribution in [0.25, 0.3) is 0 Å². The van der Waals surface area contributed by atoms with Crippen molar-refractivity contribution >= 4 is 27.3 Å². The average molecular weight is 311 g/mol. The van der Waals surface area contributed by atoms with Gasteiger partial charge in [0.2, 0.25) is 0 Å². The van der Waals surface area contributed by atoms with Crippen LogP contribution in [0.2, 0.25) is 0 Å². The molecule has 0 N–H and O–H groups in total. The summed E-state index contributed by atoms with van der Waals surface area (Å²) >= 11 is 5.23. The van der Waals surface area contributed by atoms with Gasteiger partial charge in [-0.3, -0.25) is 0 Å². The van der Waals surface area contributed by atoms with Crippen LogP contribution in [0.3, 0.4) is 0 Å². The molecule has 0 amide bonds. The summed E-state index contributed by atoms with van der Waals surface area (Å²) in [6, 6.07) is 12.6. The highest BCUT2D eigenvalue weighted by Crippen LogP contribution is 2.23. The molecule has 0 aliphatic heterocycles. The summed E-state index contributed by atoms with van der Waals surface area (Å²) < 4.78 is 6.82. The molecule has 0 aliphatic rings. The van der Waals surface area contributed by atoms with E-state index in [9.17, 15) is 0 Å². The van der Waals surface area contributed by atoms with Gasteiger partial charge in [0.1, 0.15) is 0 Å². The maximum absolute atomic E-state index is 5.66. The molecule has 2 aromatic rings. The fourth-order valence-corrected chi connectivity index (χ4v) is 3.02. The van der Waals surface area contributed by atoms with Gasteiger partial charge in [0.25, 0.3) is 0 Å². The molecule has 0 spiro atoms. The largest absolute Gasteiger partial charge is 0.376 e. The quantitative estimate of drug-likeness (QED) is 0.705. The van der Waals surface area contributed by atoms with Gasteiger partial charge in [-0.1, -0.05) is 30.3 Å². The van der Waals surface area contributed by atoms with Gasteiger partial charge in [-0.15, -0.1) is 11.3 Å². The third-order valence-corrected chi connectivity index (χ3v) is 4.42. The maximum Gasteiger partial charge on any atom is 0.0820 e. The lowest BCUT2D eigenvalue weighted by atomic mass is 10.1. The average Bonchev–Trinajstić information content (AvgIpc) is 2.76. The zero-order valence-electron chi connectivity index (χ0n) is 9.56. The molecule has 0 unspecified atom stereocenters. The van der Waals surface area contributed by atoms with Crippen molar-refractivity contribution in [1.82, 2.24) is 0 Å². The molecule has 0 bridgehead atoms. The molecule has 0 fully saturated rings. The van der Waals surface area contributed by atoms with Crippen LogP contribution in [-0.2, 0) is 17.8 Å². The summed E-state index contributed by atoms with van der Waals surface area (Å²) in [4.78, 5) is 1.27. The molecule has 0 saturated heterocycles. The third-order valence-electron chi connectivity index (χ3n) is 2.52. The Kier molecular flexibility index (Phi) is 5.23. The first-order valence-corrected chi connectivity index (χ1v) is 7.37. The fourth-order valence-electron chi connectivity index (χ4n) is 1.62. The normalized spacial score (nSPS) is 10.6. The van der Waals surface area contributed by atoms with Crippen molar-refractivity contribution in [3.63, 3.8) is 0 Å². The van der Waals surface area contributed by atoms with Gasteiger partial charge in [0, 0.05) is 16.0 Å². The first-order chi connectivity index (χ1) is 8.36. The van der Waals surface area contributed by atoms with Gasteiger partial charge in [-0.25, -0.2) is 0 Å². The van der Waals surface area contributed by atoms with Crippen LogP contribution >= 0.6 is 27.3 Å². The molecule has 1 aromatic heterocycles. The summed E-state index contributed by atoms with van der Waals surface area (Å²) in [6.07, 6.45) is 2.17. The summed E-state index contributed by atoms with van der Waals surface area (Å²) in [7, 11) is 0. The Labute approximate surface area is 115 Å². The van der Waals surface area contributed by atoms with Gasteiger partial charge in [-0.05, 0) is 45.8 Å². The predicted molar refractivity (Wildman–Crippen MR) is 76.4 cm³/mol. The Morgan fingerprint density at radius 2 is 1.94 bits per heavy atom. The van der Waals surface area contributed by atoms with Gasteiger partial charge in [-0.2, -0.15) is 0 Å². The monoisotopic (exact) mass is 310 g/mol. The van der Waals surface area contributed by atoms with Gasteiger partial charge < -0.3 is 4.74 Å². The Morgan fingerprint density at radius 1 is 1.12 bits per heavy atom. The highest BCUT2D eigenvalue weighted by atomic mass is 79.9. The van der Waals surface area contributed by atoms with Gasteiger partial charge in [0.15, 0.2) is 0 Å². The topological polar surface area (TPSA) is 9.23 Å². The van der Waals surface area contributed by atoms with Crippen LogP contribution in [-0.4, -0.2) is 6.61 Å². The third kappa shape index (κ3) is 4.26. The number of hydrogen-bond donors (Lipinski definition) is 0. The number of hydrogen-bond acceptors (Lipinski definition) is 2. The molecule has 90 valence electrons. The fraction of sp³-hybridized carbons (Fsp3) is 0.286. The van der Waals surface area contributed by atoms with E-state index < -0.39 is 0 Å². The van der Waals surface area contributed by atoms with E-state index in [2.05, 4.69) is 51.6 Å². The number of rotatable bonds is 6. The minimum atomic E-state index is 0.715. The molecule has 0 radical (unpaired) electrons. The lowest BCUT2D eigenvalue weighted by Gasteiger charge is -2.03. The second kappa shape index (κ2) is 6.94. The highest BCUT2D eigenvalue weighted by Gasteiger charge is 2.00. The second-order valence-electron chi connectivity index (χ2n) is 3.83. The minimum Gasteiger partial charge on any atom is -0.376 e. The first kappa shape index (κ1) is 12.8. The second-order valence-corrected chi connectivity index (χ2v) is 5.69. The summed E-state index contributed by atoms with van der Waals surface area (Å²) in [5, 5.41) is 2.08. The van der Waals surface area contributed by atoms with Crippen LogP contribution in [0, 0.1) is 0 Å². The van der Waals surface area contributed by atoms with Crippen molar-refractivity contribution < 1.29 is 4.74 Å². The number of ether oxygens (including phenoxy) is 1. The minimum absolute atomic E-state index is 0.715. The van der Waals surface area contributed by atoms with E-state index in [-0.39, 0.29) is 0 Å².